The second-order valence-electron chi connectivity index (χ2n) is 4.77. The van der Waals surface area contributed by atoms with Crippen molar-refractivity contribution in [2.24, 2.45) is 0 Å². The summed E-state index contributed by atoms with van der Waals surface area (Å²) in [5.74, 6) is 0.373. The highest BCUT2D eigenvalue weighted by Gasteiger charge is 2.20. The Morgan fingerprint density at radius 3 is 3.15 bits per heavy atom. The molecule has 1 aromatic rings. The maximum atomic E-state index is 12.1. The van der Waals surface area contributed by atoms with Crippen molar-refractivity contribution in [1.82, 2.24) is 4.90 Å². The van der Waals surface area contributed by atoms with Crippen LogP contribution in [0.25, 0.3) is 0 Å². The monoisotopic (exact) mass is 274 g/mol. The van der Waals surface area contributed by atoms with Crippen molar-refractivity contribution in [3.05, 3.63) is 29.8 Å². The topological polar surface area (TPSA) is 62.6 Å². The third-order valence-corrected chi connectivity index (χ3v) is 3.16. The molecule has 1 heterocycles. The molecular formula is C15H18N2O3. The summed E-state index contributed by atoms with van der Waals surface area (Å²) in [7, 11) is 0. The van der Waals surface area contributed by atoms with Crippen molar-refractivity contribution in [1.29, 1.82) is 5.26 Å². The van der Waals surface area contributed by atoms with Crippen molar-refractivity contribution in [2.75, 3.05) is 26.3 Å². The van der Waals surface area contributed by atoms with Gasteiger partial charge in [0.2, 0.25) is 0 Å². The van der Waals surface area contributed by atoms with Crippen LogP contribution in [0.5, 0.6) is 5.75 Å². The number of hydrogen-bond acceptors (Lipinski definition) is 4. The molecule has 0 N–H and O–H groups in total. The average Bonchev–Trinajstić information content (AvgIpc) is 2.69. The molecule has 0 aliphatic carbocycles. The Bertz CT molecular complexity index is 510. The highest BCUT2D eigenvalue weighted by Crippen LogP contribution is 2.16. The number of carbonyl (C=O) groups is 1. The van der Waals surface area contributed by atoms with Crippen LogP contribution in [0.15, 0.2) is 24.3 Å². The number of benzene rings is 1. The fourth-order valence-electron chi connectivity index (χ4n) is 2.14. The molecule has 0 aromatic heterocycles. The summed E-state index contributed by atoms with van der Waals surface area (Å²) in [5, 5.41) is 8.96. The van der Waals surface area contributed by atoms with Gasteiger partial charge in [0.15, 0.2) is 6.61 Å². The first-order valence-electron chi connectivity index (χ1n) is 6.72. The Balaban J connectivity index is 1.93. The van der Waals surface area contributed by atoms with Crippen LogP contribution in [0.4, 0.5) is 0 Å². The average molecular weight is 274 g/mol. The van der Waals surface area contributed by atoms with E-state index in [0.717, 1.165) is 6.42 Å². The van der Waals surface area contributed by atoms with Gasteiger partial charge in [0.25, 0.3) is 5.91 Å². The zero-order chi connectivity index (χ0) is 14.4. The molecule has 1 aliphatic rings. The number of hydrogen-bond donors (Lipinski definition) is 0. The van der Waals surface area contributed by atoms with Crippen LogP contribution in [-0.4, -0.2) is 43.2 Å². The number of nitrogens with zero attached hydrogens (tertiary/aromatic N) is 2. The van der Waals surface area contributed by atoms with Crippen LogP contribution in [0.2, 0.25) is 0 Å². The first kappa shape index (κ1) is 14.4. The lowest BCUT2D eigenvalue weighted by atomic mass is 10.2. The Morgan fingerprint density at radius 2 is 2.35 bits per heavy atom. The van der Waals surface area contributed by atoms with E-state index < -0.39 is 0 Å². The number of carbonyl (C=O) groups excluding carboxylic acids is 1. The molecule has 1 unspecified atom stereocenters. The van der Waals surface area contributed by atoms with Crippen LogP contribution < -0.4 is 4.74 Å². The van der Waals surface area contributed by atoms with Gasteiger partial charge in [-0.25, -0.2) is 0 Å². The second-order valence-corrected chi connectivity index (χ2v) is 4.77. The molecule has 5 heteroatoms. The van der Waals surface area contributed by atoms with Crippen LogP contribution >= 0.6 is 0 Å². The quantitative estimate of drug-likeness (QED) is 0.839. The van der Waals surface area contributed by atoms with E-state index in [0.29, 0.717) is 31.0 Å². The molecule has 1 amide bonds. The lowest BCUT2D eigenvalue weighted by Crippen LogP contribution is -2.38. The van der Waals surface area contributed by atoms with Gasteiger partial charge >= 0.3 is 0 Å². The predicted octanol–water partition coefficient (Wildman–Crippen LogP) is 1.57. The predicted molar refractivity (Wildman–Crippen MR) is 73.3 cm³/mol. The second kappa shape index (κ2) is 6.92. The molecule has 0 radical (unpaired) electrons. The normalized spacial score (nSPS) is 19.0. The Labute approximate surface area is 118 Å². The molecule has 1 saturated heterocycles. The van der Waals surface area contributed by atoms with E-state index in [1.54, 1.807) is 29.2 Å². The van der Waals surface area contributed by atoms with E-state index in [4.69, 9.17) is 14.7 Å². The van der Waals surface area contributed by atoms with Gasteiger partial charge in [-0.15, -0.1) is 0 Å². The largest absolute Gasteiger partial charge is 0.482 e. The van der Waals surface area contributed by atoms with Gasteiger partial charge in [0.1, 0.15) is 11.8 Å². The van der Waals surface area contributed by atoms with Gasteiger partial charge in [-0.1, -0.05) is 12.1 Å². The number of amides is 1. The molecule has 1 atom stereocenters. The van der Waals surface area contributed by atoms with Crippen LogP contribution in [-0.2, 0) is 9.53 Å². The van der Waals surface area contributed by atoms with Crippen molar-refractivity contribution in [3.63, 3.8) is 0 Å². The van der Waals surface area contributed by atoms with Crippen LogP contribution in [0, 0.1) is 11.3 Å². The third-order valence-electron chi connectivity index (χ3n) is 3.16. The van der Waals surface area contributed by atoms with Crippen molar-refractivity contribution >= 4 is 5.91 Å². The molecule has 1 aliphatic heterocycles. The SMILES string of the molecule is CC1CN(C(=O)COc2ccccc2C#N)CCCO1. The summed E-state index contributed by atoms with van der Waals surface area (Å²) in [5.41, 5.74) is 0.438. The fourth-order valence-corrected chi connectivity index (χ4v) is 2.14. The van der Waals surface area contributed by atoms with E-state index >= 15 is 0 Å². The summed E-state index contributed by atoms with van der Waals surface area (Å²) in [6.45, 7) is 3.86. The lowest BCUT2D eigenvalue weighted by Gasteiger charge is -2.22. The molecular weight excluding hydrogens is 256 g/mol. The zero-order valence-corrected chi connectivity index (χ0v) is 11.5. The van der Waals surface area contributed by atoms with E-state index in [1.165, 1.54) is 0 Å². The standard InChI is InChI=1S/C15H18N2O3/c1-12-10-17(7-4-8-19-12)15(18)11-20-14-6-3-2-5-13(14)9-16/h2-3,5-6,12H,4,7-8,10-11H2,1H3. The first-order chi connectivity index (χ1) is 9.70. The number of ether oxygens (including phenoxy) is 2. The van der Waals surface area contributed by atoms with E-state index in [-0.39, 0.29) is 18.6 Å². The van der Waals surface area contributed by atoms with Crippen LogP contribution in [0.3, 0.4) is 0 Å². The van der Waals surface area contributed by atoms with Gasteiger partial charge < -0.3 is 14.4 Å². The molecule has 0 saturated carbocycles. The molecule has 1 aromatic carbocycles. The summed E-state index contributed by atoms with van der Waals surface area (Å²) in [4.78, 5) is 13.9. The highest BCUT2D eigenvalue weighted by atomic mass is 16.5. The third kappa shape index (κ3) is 3.72. The Hall–Kier alpha value is -2.06. The minimum atomic E-state index is -0.0740. The molecule has 1 fully saturated rings. The first-order valence-corrected chi connectivity index (χ1v) is 6.72. The number of para-hydroxylation sites is 1. The minimum Gasteiger partial charge on any atom is -0.482 e. The Morgan fingerprint density at radius 1 is 1.55 bits per heavy atom. The van der Waals surface area contributed by atoms with Crippen molar-refractivity contribution < 1.29 is 14.3 Å². The maximum Gasteiger partial charge on any atom is 0.260 e. The molecule has 0 bridgehead atoms. The molecule has 2 rings (SSSR count). The van der Waals surface area contributed by atoms with Crippen LogP contribution in [0.1, 0.15) is 18.9 Å². The fraction of sp³-hybridized carbons (Fsp3) is 0.467. The van der Waals surface area contributed by atoms with Gasteiger partial charge in [-0.3, -0.25) is 4.79 Å². The number of rotatable bonds is 3. The van der Waals surface area contributed by atoms with Gasteiger partial charge in [-0.2, -0.15) is 5.26 Å². The number of nitriles is 1. The molecule has 5 nitrogen and oxygen atoms in total. The summed E-state index contributed by atoms with van der Waals surface area (Å²) in [6.07, 6.45) is 0.887. The van der Waals surface area contributed by atoms with E-state index in [1.807, 2.05) is 13.0 Å². The zero-order valence-electron chi connectivity index (χ0n) is 11.5. The van der Waals surface area contributed by atoms with E-state index in [9.17, 15) is 4.79 Å². The molecule has 20 heavy (non-hydrogen) atoms. The van der Waals surface area contributed by atoms with Gasteiger partial charge in [0, 0.05) is 19.7 Å². The molecule has 0 spiro atoms. The van der Waals surface area contributed by atoms with E-state index in [2.05, 4.69) is 0 Å². The highest BCUT2D eigenvalue weighted by molar-refractivity contribution is 5.78. The maximum absolute atomic E-state index is 12.1. The smallest absolute Gasteiger partial charge is 0.260 e. The molecule has 106 valence electrons. The van der Waals surface area contributed by atoms with Gasteiger partial charge in [0.05, 0.1) is 11.7 Å². The summed E-state index contributed by atoms with van der Waals surface area (Å²) >= 11 is 0. The van der Waals surface area contributed by atoms with Gasteiger partial charge in [-0.05, 0) is 25.5 Å². The summed E-state index contributed by atoms with van der Waals surface area (Å²) in [6, 6.07) is 8.95. The van der Waals surface area contributed by atoms with Crippen molar-refractivity contribution in [3.8, 4) is 11.8 Å². The Kier molecular flexibility index (Phi) is 4.97. The minimum absolute atomic E-state index is 0.0489. The summed E-state index contributed by atoms with van der Waals surface area (Å²) < 4.78 is 11.0. The van der Waals surface area contributed by atoms with Crippen molar-refractivity contribution in [2.45, 2.75) is 19.4 Å². The lowest BCUT2D eigenvalue weighted by molar-refractivity contribution is -0.134.